The van der Waals surface area contributed by atoms with Crippen LogP contribution in [0.15, 0.2) is 30.6 Å². The molecule has 1 aliphatic heterocycles. The molecule has 0 radical (unpaired) electrons. The number of anilines is 1. The van der Waals surface area contributed by atoms with Crippen molar-refractivity contribution in [2.75, 3.05) is 11.9 Å². The third-order valence-corrected chi connectivity index (χ3v) is 4.40. The number of carbonyl (C=O) groups is 3. The second-order valence-electron chi connectivity index (χ2n) is 6.07. The number of benzene rings is 1. The first-order chi connectivity index (χ1) is 12.0. The van der Waals surface area contributed by atoms with Gasteiger partial charge in [-0.2, -0.15) is 0 Å². The lowest BCUT2D eigenvalue weighted by atomic mass is 10.2. The highest BCUT2D eigenvalue weighted by atomic mass is 16.2. The highest BCUT2D eigenvalue weighted by Gasteiger charge is 2.28. The maximum Gasteiger partial charge on any atom is 0.229 e. The lowest BCUT2D eigenvalue weighted by Crippen LogP contribution is -2.32. The van der Waals surface area contributed by atoms with E-state index in [0.717, 1.165) is 22.0 Å². The van der Waals surface area contributed by atoms with E-state index in [9.17, 15) is 14.4 Å². The molecule has 1 saturated heterocycles. The molecule has 7 heteroatoms. The van der Waals surface area contributed by atoms with E-state index in [2.05, 4.69) is 10.3 Å². The monoisotopic (exact) mass is 340 g/mol. The molecule has 3 amide bonds. The van der Waals surface area contributed by atoms with Crippen LogP contribution in [0.1, 0.15) is 30.7 Å². The van der Waals surface area contributed by atoms with E-state index in [1.54, 1.807) is 6.33 Å². The molecule has 130 valence electrons. The van der Waals surface area contributed by atoms with E-state index in [4.69, 9.17) is 0 Å². The molecule has 1 aromatic carbocycles. The summed E-state index contributed by atoms with van der Waals surface area (Å²) in [7, 11) is 0. The summed E-state index contributed by atoms with van der Waals surface area (Å²) in [4.78, 5) is 40.5. The number of imidazole rings is 1. The molecule has 3 rings (SSSR count). The Bertz CT molecular complexity index is 807. The molecule has 2 aromatic rings. The predicted molar refractivity (Wildman–Crippen MR) is 92.2 cm³/mol. The summed E-state index contributed by atoms with van der Waals surface area (Å²) in [5.41, 5.74) is 3.67. The normalized spacial score (nSPS) is 14.2. The average Bonchev–Trinajstić information content (AvgIpc) is 3.09. The van der Waals surface area contributed by atoms with E-state index >= 15 is 0 Å². The number of aromatic nitrogens is 2. The molecule has 1 fully saturated rings. The molecule has 25 heavy (non-hydrogen) atoms. The van der Waals surface area contributed by atoms with Gasteiger partial charge in [-0.25, -0.2) is 4.98 Å². The molecule has 7 nitrogen and oxygen atoms in total. The van der Waals surface area contributed by atoms with Crippen molar-refractivity contribution in [3.8, 4) is 5.69 Å². The fraction of sp³-hybridized carbons (Fsp3) is 0.333. The number of amides is 3. The molecule has 0 saturated carbocycles. The van der Waals surface area contributed by atoms with Gasteiger partial charge in [0.2, 0.25) is 17.7 Å². The van der Waals surface area contributed by atoms with Crippen molar-refractivity contribution in [1.29, 1.82) is 0 Å². The van der Waals surface area contributed by atoms with Crippen LogP contribution in [0.3, 0.4) is 0 Å². The summed E-state index contributed by atoms with van der Waals surface area (Å²) in [5, 5.41) is 2.78. The molecule has 2 heterocycles. The number of nitrogens with one attached hydrogen (secondary N) is 1. The fourth-order valence-corrected chi connectivity index (χ4v) is 2.77. The highest BCUT2D eigenvalue weighted by Crippen LogP contribution is 2.17. The van der Waals surface area contributed by atoms with Crippen LogP contribution in [0.2, 0.25) is 0 Å². The Hall–Kier alpha value is -2.96. The molecule has 0 aliphatic carbocycles. The summed E-state index contributed by atoms with van der Waals surface area (Å²) in [6, 6.07) is 7.43. The molecule has 0 unspecified atom stereocenters. The zero-order chi connectivity index (χ0) is 18.0. The van der Waals surface area contributed by atoms with Gasteiger partial charge < -0.3 is 9.88 Å². The van der Waals surface area contributed by atoms with Gasteiger partial charge in [0.25, 0.3) is 0 Å². The number of hydrogen-bond donors (Lipinski definition) is 1. The minimum atomic E-state index is -0.227. The van der Waals surface area contributed by atoms with E-state index in [1.165, 1.54) is 0 Å². The van der Waals surface area contributed by atoms with Gasteiger partial charge in [0.05, 0.1) is 12.0 Å². The zero-order valence-corrected chi connectivity index (χ0v) is 14.3. The molecule has 1 aromatic heterocycles. The van der Waals surface area contributed by atoms with Gasteiger partial charge in [-0.05, 0) is 38.1 Å². The van der Waals surface area contributed by atoms with E-state index in [0.29, 0.717) is 5.69 Å². The maximum atomic E-state index is 12.0. The van der Waals surface area contributed by atoms with Crippen LogP contribution in [0.5, 0.6) is 0 Å². The Morgan fingerprint density at radius 3 is 2.32 bits per heavy atom. The SMILES string of the molecule is Cc1ncn(-c2ccc(NC(=O)CCN3C(=O)CCC3=O)cc2)c1C. The van der Waals surface area contributed by atoms with Gasteiger partial charge in [0.15, 0.2) is 0 Å². The summed E-state index contributed by atoms with van der Waals surface area (Å²) in [6.45, 7) is 4.09. The summed E-state index contributed by atoms with van der Waals surface area (Å²) in [6.07, 6.45) is 2.35. The molecule has 0 atom stereocenters. The van der Waals surface area contributed by atoms with Crippen LogP contribution >= 0.6 is 0 Å². The second-order valence-corrected chi connectivity index (χ2v) is 6.07. The highest BCUT2D eigenvalue weighted by molar-refractivity contribution is 6.02. The lowest BCUT2D eigenvalue weighted by Gasteiger charge is -2.13. The minimum Gasteiger partial charge on any atom is -0.326 e. The number of likely N-dealkylation sites (tertiary alicyclic amines) is 1. The van der Waals surface area contributed by atoms with Crippen molar-refractivity contribution in [2.24, 2.45) is 0 Å². The number of hydrogen-bond acceptors (Lipinski definition) is 4. The van der Waals surface area contributed by atoms with Crippen molar-refractivity contribution in [3.63, 3.8) is 0 Å². The van der Waals surface area contributed by atoms with Crippen LogP contribution in [-0.4, -0.2) is 38.7 Å². The summed E-state index contributed by atoms with van der Waals surface area (Å²) >= 11 is 0. The molecule has 1 aliphatic rings. The predicted octanol–water partition coefficient (Wildman–Crippen LogP) is 1.97. The van der Waals surface area contributed by atoms with Gasteiger partial charge in [-0.1, -0.05) is 0 Å². The number of carbonyl (C=O) groups excluding carboxylic acids is 3. The van der Waals surface area contributed by atoms with Gasteiger partial charge in [-0.15, -0.1) is 0 Å². The van der Waals surface area contributed by atoms with Gasteiger partial charge >= 0.3 is 0 Å². The first-order valence-electron chi connectivity index (χ1n) is 8.20. The number of nitrogens with zero attached hydrogens (tertiary/aromatic N) is 3. The van der Waals surface area contributed by atoms with Gasteiger partial charge in [0, 0.05) is 42.9 Å². The van der Waals surface area contributed by atoms with Crippen LogP contribution in [0.4, 0.5) is 5.69 Å². The van der Waals surface area contributed by atoms with E-state index in [1.807, 2.05) is 42.7 Å². The lowest BCUT2D eigenvalue weighted by molar-refractivity contribution is -0.138. The quantitative estimate of drug-likeness (QED) is 0.844. The number of aryl methyl sites for hydroxylation is 1. The van der Waals surface area contributed by atoms with Crippen molar-refractivity contribution in [3.05, 3.63) is 42.0 Å². The molecule has 0 bridgehead atoms. The van der Waals surface area contributed by atoms with Crippen LogP contribution in [-0.2, 0) is 14.4 Å². The Morgan fingerprint density at radius 2 is 1.76 bits per heavy atom. The maximum absolute atomic E-state index is 12.0. The first-order valence-corrected chi connectivity index (χ1v) is 8.20. The topological polar surface area (TPSA) is 84.3 Å². The van der Waals surface area contributed by atoms with Crippen molar-refractivity contribution >= 4 is 23.4 Å². The minimum absolute atomic E-state index is 0.0963. The smallest absolute Gasteiger partial charge is 0.229 e. The summed E-state index contributed by atoms with van der Waals surface area (Å²) < 4.78 is 1.98. The average molecular weight is 340 g/mol. The van der Waals surface area contributed by atoms with E-state index < -0.39 is 0 Å². The molecule has 0 spiro atoms. The number of imide groups is 1. The van der Waals surface area contributed by atoms with Gasteiger partial charge in [0.1, 0.15) is 0 Å². The van der Waals surface area contributed by atoms with Gasteiger partial charge in [-0.3, -0.25) is 19.3 Å². The zero-order valence-electron chi connectivity index (χ0n) is 14.3. The Labute approximate surface area is 145 Å². The van der Waals surface area contributed by atoms with E-state index in [-0.39, 0.29) is 43.5 Å². The molecule has 1 N–H and O–H groups in total. The van der Waals surface area contributed by atoms with Crippen molar-refractivity contribution < 1.29 is 14.4 Å². The Balaban J connectivity index is 1.58. The second kappa shape index (κ2) is 6.88. The van der Waals surface area contributed by atoms with Crippen LogP contribution < -0.4 is 5.32 Å². The standard InChI is InChI=1S/C18H20N4O3/c1-12-13(2)22(11-19-12)15-5-3-14(4-6-15)20-16(23)9-10-21-17(24)7-8-18(21)25/h3-6,11H,7-10H2,1-2H3,(H,20,23). The third kappa shape index (κ3) is 3.60. The third-order valence-electron chi connectivity index (χ3n) is 4.40. The number of rotatable bonds is 5. The van der Waals surface area contributed by atoms with Crippen molar-refractivity contribution in [2.45, 2.75) is 33.1 Å². The fourth-order valence-electron chi connectivity index (χ4n) is 2.77. The van der Waals surface area contributed by atoms with Crippen LogP contribution in [0, 0.1) is 13.8 Å². The Kier molecular flexibility index (Phi) is 4.65. The summed E-state index contributed by atoms with van der Waals surface area (Å²) in [5.74, 6) is -0.629. The first kappa shape index (κ1) is 16.9. The molecular weight excluding hydrogens is 320 g/mol. The molecular formula is C18H20N4O3. The largest absolute Gasteiger partial charge is 0.326 e. The Morgan fingerprint density at radius 1 is 1.12 bits per heavy atom. The van der Waals surface area contributed by atoms with Crippen LogP contribution in [0.25, 0.3) is 5.69 Å². The van der Waals surface area contributed by atoms with Crippen molar-refractivity contribution in [1.82, 2.24) is 14.5 Å².